The van der Waals surface area contributed by atoms with E-state index in [0.29, 0.717) is 28.3 Å². The highest BCUT2D eigenvalue weighted by Crippen LogP contribution is 2.37. The molecule has 0 amide bonds. The van der Waals surface area contributed by atoms with Crippen molar-refractivity contribution in [1.82, 2.24) is 9.97 Å². The van der Waals surface area contributed by atoms with Crippen molar-refractivity contribution in [3.05, 3.63) is 46.0 Å². The number of aromatic amines is 1. The molecule has 2 N–H and O–H groups in total. The van der Waals surface area contributed by atoms with Gasteiger partial charge in [0.2, 0.25) is 0 Å². The number of anilines is 2. The van der Waals surface area contributed by atoms with Crippen molar-refractivity contribution >= 4 is 56.0 Å². The summed E-state index contributed by atoms with van der Waals surface area (Å²) in [4.78, 5) is 7.52. The number of nitriles is 1. The third-order valence-electron chi connectivity index (χ3n) is 4.18. The number of fused-ring (bicyclic) bond motifs is 2. The van der Waals surface area contributed by atoms with Gasteiger partial charge in [0.05, 0.1) is 41.2 Å². The molecule has 0 spiro atoms. The third-order valence-corrected chi connectivity index (χ3v) is 5.38. The topological polar surface area (TPSA) is 83.0 Å². The average molecular weight is 394 g/mol. The molecule has 0 fully saturated rings. The Morgan fingerprint density at radius 3 is 2.70 bits per heavy atom. The van der Waals surface area contributed by atoms with E-state index in [0.717, 1.165) is 25.2 Å². The van der Waals surface area contributed by atoms with Crippen LogP contribution in [0.5, 0.6) is 11.5 Å². The zero-order valence-corrected chi connectivity index (χ0v) is 16.1. The van der Waals surface area contributed by atoms with Gasteiger partial charge in [-0.2, -0.15) is 5.26 Å². The summed E-state index contributed by atoms with van der Waals surface area (Å²) in [5.74, 6) is 1.16. The number of nitrogens with one attached hydrogen (secondary N) is 2. The van der Waals surface area contributed by atoms with Crippen LogP contribution in [0.25, 0.3) is 21.1 Å². The van der Waals surface area contributed by atoms with E-state index in [1.54, 1.807) is 26.5 Å². The summed E-state index contributed by atoms with van der Waals surface area (Å²) in [7, 11) is 3.15. The molecule has 2 heterocycles. The van der Waals surface area contributed by atoms with Crippen molar-refractivity contribution in [3.63, 3.8) is 0 Å². The quantitative estimate of drug-likeness (QED) is 0.466. The molecule has 2 aromatic heterocycles. The van der Waals surface area contributed by atoms with Gasteiger partial charge in [-0.05, 0) is 36.5 Å². The Kier molecular flexibility index (Phi) is 4.39. The van der Waals surface area contributed by atoms with Gasteiger partial charge in [0.15, 0.2) is 15.5 Å². The molecular formula is C19H14N4O2S2. The lowest BCUT2D eigenvalue weighted by molar-refractivity contribution is 0.356. The molecule has 0 aliphatic heterocycles. The summed E-state index contributed by atoms with van der Waals surface area (Å²) in [6, 6.07) is 11.7. The molecule has 4 aromatic rings. The first-order valence-electron chi connectivity index (χ1n) is 7.97. The number of thiazole rings is 1. The lowest BCUT2D eigenvalue weighted by Gasteiger charge is -2.14. The molecule has 134 valence electrons. The molecule has 0 saturated carbocycles. The molecule has 6 nitrogen and oxygen atoms in total. The standard InChI is InChI=1S/C19H14N4O2S2/c1-24-15-6-12-14(7-16(15)25-2)21-9-10(8-20)18(12)22-11-3-4-13-17(5-11)27-19(26)23-13/h3-7,9H,1-2H3,(H,21,22)(H,23,26). The maximum Gasteiger partial charge on any atom is 0.162 e. The van der Waals surface area contributed by atoms with Gasteiger partial charge >= 0.3 is 0 Å². The molecule has 0 radical (unpaired) electrons. The van der Waals surface area contributed by atoms with Crippen LogP contribution in [-0.4, -0.2) is 24.2 Å². The fourth-order valence-corrected chi connectivity index (χ4v) is 4.06. The van der Waals surface area contributed by atoms with Crippen molar-refractivity contribution in [2.24, 2.45) is 0 Å². The van der Waals surface area contributed by atoms with Gasteiger partial charge in [-0.3, -0.25) is 4.98 Å². The van der Waals surface area contributed by atoms with Crippen LogP contribution in [0.4, 0.5) is 11.4 Å². The maximum atomic E-state index is 9.56. The first kappa shape index (κ1) is 17.3. The number of hydrogen-bond acceptors (Lipinski definition) is 7. The number of nitrogens with zero attached hydrogens (tertiary/aromatic N) is 2. The van der Waals surface area contributed by atoms with Gasteiger partial charge in [0.25, 0.3) is 0 Å². The number of pyridine rings is 1. The molecule has 8 heteroatoms. The smallest absolute Gasteiger partial charge is 0.162 e. The molecule has 0 atom stereocenters. The normalized spacial score (nSPS) is 10.7. The summed E-state index contributed by atoms with van der Waals surface area (Å²) >= 11 is 6.71. The third kappa shape index (κ3) is 3.07. The van der Waals surface area contributed by atoms with E-state index < -0.39 is 0 Å². The van der Waals surface area contributed by atoms with Gasteiger partial charge in [0.1, 0.15) is 6.07 Å². The second-order valence-electron chi connectivity index (χ2n) is 5.73. The van der Waals surface area contributed by atoms with Gasteiger partial charge in [-0.1, -0.05) is 0 Å². The average Bonchev–Trinajstić information content (AvgIpc) is 3.06. The van der Waals surface area contributed by atoms with E-state index in [1.165, 1.54) is 11.3 Å². The monoisotopic (exact) mass is 394 g/mol. The van der Waals surface area contributed by atoms with Crippen LogP contribution in [0.1, 0.15) is 5.56 Å². The molecule has 0 aliphatic rings. The van der Waals surface area contributed by atoms with Crippen LogP contribution in [0.2, 0.25) is 0 Å². The van der Waals surface area contributed by atoms with Crippen molar-refractivity contribution in [3.8, 4) is 17.6 Å². The summed E-state index contributed by atoms with van der Waals surface area (Å²) in [5, 5.41) is 13.7. The van der Waals surface area contributed by atoms with Crippen LogP contribution >= 0.6 is 23.6 Å². The van der Waals surface area contributed by atoms with Gasteiger partial charge in [-0.25, -0.2) is 0 Å². The minimum atomic E-state index is 0.441. The molecule has 27 heavy (non-hydrogen) atoms. The van der Waals surface area contributed by atoms with E-state index in [-0.39, 0.29) is 0 Å². The number of rotatable bonds is 4. The molecular weight excluding hydrogens is 380 g/mol. The van der Waals surface area contributed by atoms with Crippen molar-refractivity contribution in [2.45, 2.75) is 0 Å². The molecule has 0 saturated heterocycles. The minimum absolute atomic E-state index is 0.441. The van der Waals surface area contributed by atoms with Gasteiger partial charge in [-0.15, -0.1) is 11.3 Å². The van der Waals surface area contributed by atoms with Gasteiger partial charge < -0.3 is 19.8 Å². The highest BCUT2D eigenvalue weighted by molar-refractivity contribution is 7.73. The zero-order valence-electron chi connectivity index (χ0n) is 14.5. The Hall–Kier alpha value is -3.15. The summed E-state index contributed by atoms with van der Waals surface area (Å²) < 4.78 is 12.5. The van der Waals surface area contributed by atoms with E-state index in [2.05, 4.69) is 21.4 Å². The van der Waals surface area contributed by atoms with Crippen molar-refractivity contribution in [2.75, 3.05) is 19.5 Å². The summed E-state index contributed by atoms with van der Waals surface area (Å²) in [6.07, 6.45) is 1.55. The SMILES string of the molecule is COc1cc2ncc(C#N)c(Nc3ccc4[nH]c(=S)sc4c3)c2cc1OC. The molecule has 0 unspecified atom stereocenters. The number of methoxy groups -OCH3 is 2. The Morgan fingerprint density at radius 2 is 1.96 bits per heavy atom. The van der Waals surface area contributed by atoms with Crippen LogP contribution in [0.15, 0.2) is 36.5 Å². The summed E-state index contributed by atoms with van der Waals surface area (Å²) in [5.41, 5.74) is 3.65. The lowest BCUT2D eigenvalue weighted by Crippen LogP contribution is -1.98. The second-order valence-corrected chi connectivity index (χ2v) is 7.45. The van der Waals surface area contributed by atoms with E-state index >= 15 is 0 Å². The van der Waals surface area contributed by atoms with Crippen molar-refractivity contribution < 1.29 is 9.47 Å². The van der Waals surface area contributed by atoms with Crippen LogP contribution in [-0.2, 0) is 0 Å². The van der Waals surface area contributed by atoms with E-state index in [9.17, 15) is 5.26 Å². The Morgan fingerprint density at radius 1 is 1.19 bits per heavy atom. The number of aromatic nitrogens is 2. The highest BCUT2D eigenvalue weighted by atomic mass is 32.1. The number of benzene rings is 2. The summed E-state index contributed by atoms with van der Waals surface area (Å²) in [6.45, 7) is 0. The fraction of sp³-hybridized carbons (Fsp3) is 0.105. The largest absolute Gasteiger partial charge is 0.493 e. The fourth-order valence-electron chi connectivity index (χ4n) is 2.91. The number of hydrogen-bond donors (Lipinski definition) is 2. The zero-order chi connectivity index (χ0) is 19.0. The van der Waals surface area contributed by atoms with E-state index in [4.69, 9.17) is 21.7 Å². The molecule has 0 aliphatic carbocycles. The first-order valence-corrected chi connectivity index (χ1v) is 9.20. The van der Waals surface area contributed by atoms with Crippen LogP contribution < -0.4 is 14.8 Å². The number of H-pyrrole nitrogens is 1. The first-order chi connectivity index (χ1) is 13.1. The molecule has 4 rings (SSSR count). The van der Waals surface area contributed by atoms with E-state index in [1.807, 2.05) is 24.3 Å². The predicted octanol–water partition coefficient (Wildman–Crippen LogP) is 5.14. The molecule has 2 aromatic carbocycles. The predicted molar refractivity (Wildman–Crippen MR) is 110 cm³/mol. The second kappa shape index (κ2) is 6.87. The minimum Gasteiger partial charge on any atom is -0.493 e. The Labute approximate surface area is 164 Å². The van der Waals surface area contributed by atoms with Crippen LogP contribution in [0, 0.1) is 15.3 Å². The Bertz CT molecular complexity index is 1270. The Balaban J connectivity index is 1.89. The molecule has 0 bridgehead atoms. The highest BCUT2D eigenvalue weighted by Gasteiger charge is 2.14. The maximum absolute atomic E-state index is 9.56. The van der Waals surface area contributed by atoms with Crippen LogP contribution in [0.3, 0.4) is 0 Å². The van der Waals surface area contributed by atoms with Crippen molar-refractivity contribution in [1.29, 1.82) is 5.26 Å². The van der Waals surface area contributed by atoms with Gasteiger partial charge in [0, 0.05) is 23.3 Å². The number of ether oxygens (including phenoxy) is 2. The lowest BCUT2D eigenvalue weighted by atomic mass is 10.1.